The molecule has 1 aliphatic rings. The predicted octanol–water partition coefficient (Wildman–Crippen LogP) is 2.44. The summed E-state index contributed by atoms with van der Waals surface area (Å²) >= 11 is 0. The highest BCUT2D eigenvalue weighted by Crippen LogP contribution is 2.43. The Hall–Kier alpha value is -1.29. The van der Waals surface area contributed by atoms with Gasteiger partial charge in [0, 0.05) is 17.7 Å². The van der Waals surface area contributed by atoms with E-state index in [1.165, 1.54) is 13.2 Å². The molecule has 0 amide bonds. The third-order valence-corrected chi connectivity index (χ3v) is 3.38. The normalized spacial score (nSPS) is 18.7. The predicted molar refractivity (Wildman–Crippen MR) is 64.2 cm³/mol. The maximum atomic E-state index is 14.0. The summed E-state index contributed by atoms with van der Waals surface area (Å²) in [4.78, 5) is 0. The number of hydrogen-bond donors (Lipinski definition) is 1. The van der Waals surface area contributed by atoms with Crippen LogP contribution in [0.25, 0.3) is 0 Å². The highest BCUT2D eigenvalue weighted by molar-refractivity contribution is 5.54. The minimum atomic E-state index is -0.197. The number of nitrogens with one attached hydrogen (secondary N) is 1. The molecule has 0 fully saturated rings. The van der Waals surface area contributed by atoms with Crippen LogP contribution in [0.4, 0.5) is 4.39 Å². The molecule has 3 nitrogen and oxygen atoms in total. The lowest BCUT2D eigenvalue weighted by molar-refractivity contribution is 0.337. The van der Waals surface area contributed by atoms with E-state index in [4.69, 9.17) is 9.47 Å². The van der Waals surface area contributed by atoms with Crippen LogP contribution in [0.2, 0.25) is 0 Å². The zero-order valence-corrected chi connectivity index (χ0v) is 10.5. The Balaban J connectivity index is 2.64. The second kappa shape index (κ2) is 4.92. The van der Waals surface area contributed by atoms with Crippen LogP contribution in [-0.4, -0.2) is 21.3 Å². The summed E-state index contributed by atoms with van der Waals surface area (Å²) in [5, 5.41) is 3.21. The molecule has 1 aromatic carbocycles. The molecule has 1 atom stereocenters. The molecule has 2 rings (SSSR count). The number of halogens is 1. The van der Waals surface area contributed by atoms with E-state index in [-0.39, 0.29) is 11.9 Å². The van der Waals surface area contributed by atoms with Gasteiger partial charge in [-0.1, -0.05) is 0 Å². The third-order valence-electron chi connectivity index (χ3n) is 3.38. The Morgan fingerprint density at radius 1 is 1.35 bits per heavy atom. The SMILES string of the molecule is CNC1CCCc2c(F)cc(OC)c(OC)c21. The molecular weight excluding hydrogens is 221 g/mol. The Kier molecular flexibility index (Phi) is 3.52. The van der Waals surface area contributed by atoms with Gasteiger partial charge in [0.15, 0.2) is 11.5 Å². The zero-order chi connectivity index (χ0) is 12.4. The molecule has 1 unspecified atom stereocenters. The summed E-state index contributed by atoms with van der Waals surface area (Å²) in [6.07, 6.45) is 2.75. The summed E-state index contributed by atoms with van der Waals surface area (Å²) in [6.45, 7) is 0. The summed E-state index contributed by atoms with van der Waals surface area (Å²) in [6, 6.07) is 1.55. The topological polar surface area (TPSA) is 30.5 Å². The van der Waals surface area contributed by atoms with Crippen LogP contribution in [0.3, 0.4) is 0 Å². The maximum absolute atomic E-state index is 14.0. The second-order valence-corrected chi connectivity index (χ2v) is 4.22. The molecule has 0 aliphatic heterocycles. The van der Waals surface area contributed by atoms with Gasteiger partial charge in [0.05, 0.1) is 14.2 Å². The second-order valence-electron chi connectivity index (χ2n) is 4.22. The summed E-state index contributed by atoms with van der Waals surface area (Å²) < 4.78 is 24.6. The molecule has 17 heavy (non-hydrogen) atoms. The fourth-order valence-electron chi connectivity index (χ4n) is 2.57. The van der Waals surface area contributed by atoms with Crippen molar-refractivity contribution < 1.29 is 13.9 Å². The first-order chi connectivity index (χ1) is 8.22. The number of fused-ring (bicyclic) bond motifs is 1. The fraction of sp³-hybridized carbons (Fsp3) is 0.538. The van der Waals surface area contributed by atoms with Crippen molar-refractivity contribution in [3.63, 3.8) is 0 Å². The average Bonchev–Trinajstić information content (AvgIpc) is 2.37. The summed E-state index contributed by atoms with van der Waals surface area (Å²) in [5.41, 5.74) is 1.67. The quantitative estimate of drug-likeness (QED) is 0.878. The molecular formula is C13H18FNO2. The first kappa shape index (κ1) is 12.2. The molecule has 0 radical (unpaired) electrons. The van der Waals surface area contributed by atoms with Crippen LogP contribution in [-0.2, 0) is 6.42 Å². The van der Waals surface area contributed by atoms with Crippen LogP contribution in [0.15, 0.2) is 6.07 Å². The molecule has 0 saturated heterocycles. The Labute approximate surface area is 101 Å². The number of benzene rings is 1. The first-order valence-corrected chi connectivity index (χ1v) is 5.83. The Morgan fingerprint density at radius 2 is 2.12 bits per heavy atom. The van der Waals surface area contributed by atoms with Gasteiger partial charge in [0.1, 0.15) is 5.82 Å². The van der Waals surface area contributed by atoms with Crippen LogP contribution >= 0.6 is 0 Å². The molecule has 1 aromatic rings. The highest BCUT2D eigenvalue weighted by Gasteiger charge is 2.28. The molecule has 4 heteroatoms. The lowest BCUT2D eigenvalue weighted by atomic mass is 9.86. The molecule has 0 bridgehead atoms. The number of ether oxygens (including phenoxy) is 2. The lowest BCUT2D eigenvalue weighted by Gasteiger charge is -2.28. The van der Waals surface area contributed by atoms with Crippen molar-refractivity contribution in [2.75, 3.05) is 21.3 Å². The van der Waals surface area contributed by atoms with Crippen LogP contribution in [0, 0.1) is 5.82 Å². The van der Waals surface area contributed by atoms with Crippen LogP contribution < -0.4 is 14.8 Å². The van der Waals surface area contributed by atoms with E-state index in [0.717, 1.165) is 30.4 Å². The van der Waals surface area contributed by atoms with Crippen LogP contribution in [0.1, 0.15) is 30.0 Å². The number of methoxy groups -OCH3 is 2. The highest BCUT2D eigenvalue weighted by atomic mass is 19.1. The summed E-state index contributed by atoms with van der Waals surface area (Å²) in [7, 11) is 5.01. The molecule has 94 valence electrons. The molecule has 1 aliphatic carbocycles. The average molecular weight is 239 g/mol. The zero-order valence-electron chi connectivity index (χ0n) is 10.5. The van der Waals surface area contributed by atoms with Crippen LogP contribution in [0.5, 0.6) is 11.5 Å². The van der Waals surface area contributed by atoms with E-state index in [9.17, 15) is 4.39 Å². The maximum Gasteiger partial charge on any atom is 0.165 e. The molecule has 0 spiro atoms. The standard InChI is InChI=1S/C13H18FNO2/c1-15-10-6-4-5-8-9(14)7-11(16-2)13(17-3)12(8)10/h7,10,15H,4-6H2,1-3H3. The van der Waals surface area contributed by atoms with Crippen molar-refractivity contribution in [3.8, 4) is 11.5 Å². The summed E-state index contributed by atoms with van der Waals surface area (Å²) in [5.74, 6) is 0.923. The van der Waals surface area contributed by atoms with Crippen molar-refractivity contribution >= 4 is 0 Å². The van der Waals surface area contributed by atoms with Crippen molar-refractivity contribution in [2.24, 2.45) is 0 Å². The van der Waals surface area contributed by atoms with E-state index in [2.05, 4.69) is 5.32 Å². The number of hydrogen-bond acceptors (Lipinski definition) is 3. The van der Waals surface area contributed by atoms with Gasteiger partial charge in [0.25, 0.3) is 0 Å². The van der Waals surface area contributed by atoms with E-state index >= 15 is 0 Å². The van der Waals surface area contributed by atoms with Crippen molar-refractivity contribution in [3.05, 3.63) is 23.0 Å². The van der Waals surface area contributed by atoms with Crippen molar-refractivity contribution in [2.45, 2.75) is 25.3 Å². The van der Waals surface area contributed by atoms with Gasteiger partial charge in [-0.2, -0.15) is 0 Å². The van der Waals surface area contributed by atoms with Gasteiger partial charge in [0.2, 0.25) is 0 Å². The Morgan fingerprint density at radius 3 is 2.71 bits per heavy atom. The molecule has 1 N–H and O–H groups in total. The number of rotatable bonds is 3. The van der Waals surface area contributed by atoms with Crippen molar-refractivity contribution in [1.82, 2.24) is 5.32 Å². The van der Waals surface area contributed by atoms with E-state index < -0.39 is 0 Å². The smallest absolute Gasteiger partial charge is 0.165 e. The van der Waals surface area contributed by atoms with Gasteiger partial charge in [-0.05, 0) is 31.9 Å². The fourth-order valence-corrected chi connectivity index (χ4v) is 2.57. The molecule has 0 aromatic heterocycles. The molecule has 0 saturated carbocycles. The van der Waals surface area contributed by atoms with Crippen molar-refractivity contribution in [1.29, 1.82) is 0 Å². The van der Waals surface area contributed by atoms with Gasteiger partial charge in [-0.3, -0.25) is 0 Å². The van der Waals surface area contributed by atoms with Gasteiger partial charge in [-0.15, -0.1) is 0 Å². The van der Waals surface area contributed by atoms with E-state index in [1.807, 2.05) is 7.05 Å². The van der Waals surface area contributed by atoms with Gasteiger partial charge < -0.3 is 14.8 Å². The minimum Gasteiger partial charge on any atom is -0.493 e. The lowest BCUT2D eigenvalue weighted by Crippen LogP contribution is -2.23. The van der Waals surface area contributed by atoms with Gasteiger partial charge in [-0.25, -0.2) is 4.39 Å². The first-order valence-electron chi connectivity index (χ1n) is 5.83. The Bertz CT molecular complexity index is 420. The minimum absolute atomic E-state index is 0.137. The van der Waals surface area contributed by atoms with E-state index in [0.29, 0.717) is 11.5 Å². The largest absolute Gasteiger partial charge is 0.493 e. The van der Waals surface area contributed by atoms with E-state index in [1.54, 1.807) is 7.11 Å². The third kappa shape index (κ3) is 1.97. The van der Waals surface area contributed by atoms with Gasteiger partial charge >= 0.3 is 0 Å². The molecule has 0 heterocycles. The monoisotopic (exact) mass is 239 g/mol.